The van der Waals surface area contributed by atoms with Gasteiger partial charge in [0.2, 0.25) is 0 Å². The van der Waals surface area contributed by atoms with Crippen molar-refractivity contribution in [3.05, 3.63) is 0 Å². The lowest BCUT2D eigenvalue weighted by molar-refractivity contribution is -0.216. The lowest BCUT2D eigenvalue weighted by Gasteiger charge is -2.62. The second kappa shape index (κ2) is 10.3. The van der Waals surface area contributed by atoms with Crippen molar-refractivity contribution >= 4 is 11.8 Å². The Bertz CT molecular complexity index is 820. The summed E-state index contributed by atoms with van der Waals surface area (Å²) in [5, 5.41) is 9.24. The van der Waals surface area contributed by atoms with E-state index in [-0.39, 0.29) is 41.5 Å². The third-order valence-electron chi connectivity index (χ3n) is 12.2. The Balaban J connectivity index is 1.34. The van der Waals surface area contributed by atoms with E-state index in [1.165, 1.54) is 19.3 Å². The Labute approximate surface area is 218 Å². The number of fused-ring (bicyclic) bond motifs is 5. The number of carboxylic acid groups (broad SMARTS) is 1. The molecule has 1 unspecified atom stereocenters. The van der Waals surface area contributed by atoms with Crippen LogP contribution in [0.1, 0.15) is 111 Å². The average Bonchev–Trinajstić information content (AvgIpc) is 3.21. The Morgan fingerprint density at radius 3 is 2.50 bits per heavy atom. The highest BCUT2D eigenvalue weighted by Gasteiger charge is 2.65. The van der Waals surface area contributed by atoms with Crippen LogP contribution in [-0.4, -0.2) is 35.9 Å². The van der Waals surface area contributed by atoms with Crippen LogP contribution in [0.2, 0.25) is 0 Å². The molecule has 0 aromatic rings. The van der Waals surface area contributed by atoms with Gasteiger partial charge in [0.25, 0.3) is 0 Å². The standard InChI is InChI=1S/C31H50O5/c1-5-21-25-18-20(36-27-8-6-7-17-35-27)13-15-31(25,4)24-14-16-30(3)22(19(2)9-12-26(32)33)10-11-23(30)28(24)29(21)34/h19-25,27-28H,5-18H2,1-4H3,(H,32,33)/t19-,20-,21-,22-,23+,24+,25+,27?,28+,30-,31-/m1/s1. The number of carbonyl (C=O) groups is 2. The number of rotatable bonds is 7. The molecular formula is C31H50O5. The quantitative estimate of drug-likeness (QED) is 0.384. The van der Waals surface area contributed by atoms with Gasteiger partial charge in [0.05, 0.1) is 6.10 Å². The molecule has 0 amide bonds. The molecule has 1 aliphatic heterocycles. The molecule has 36 heavy (non-hydrogen) atoms. The maximum Gasteiger partial charge on any atom is 0.303 e. The SMILES string of the molecule is CC[C@H]1C(=O)[C@@H]2[C@H](CC[C@]3(C)[C@@H]([C@H](C)CCC(=O)O)CC[C@@H]23)[C@@]2(C)CC[C@@H](OC3CCCCO3)C[C@@H]12. The van der Waals surface area contributed by atoms with Crippen LogP contribution in [0.15, 0.2) is 0 Å². The third kappa shape index (κ3) is 4.48. The van der Waals surface area contributed by atoms with Gasteiger partial charge in [-0.15, -0.1) is 0 Å². The zero-order valence-corrected chi connectivity index (χ0v) is 23.2. The van der Waals surface area contributed by atoms with Crippen LogP contribution in [0.4, 0.5) is 0 Å². The normalized spacial score (nSPS) is 47.5. The van der Waals surface area contributed by atoms with Gasteiger partial charge >= 0.3 is 5.97 Å². The summed E-state index contributed by atoms with van der Waals surface area (Å²) in [7, 11) is 0. The topological polar surface area (TPSA) is 72.8 Å². The van der Waals surface area contributed by atoms with Crippen molar-refractivity contribution < 1.29 is 24.2 Å². The maximum absolute atomic E-state index is 14.3. The number of hydrogen-bond donors (Lipinski definition) is 1. The number of carboxylic acids is 1. The zero-order chi connectivity index (χ0) is 25.7. The van der Waals surface area contributed by atoms with Crippen LogP contribution in [-0.2, 0) is 19.1 Å². The van der Waals surface area contributed by atoms with E-state index in [9.17, 15) is 14.7 Å². The summed E-state index contributed by atoms with van der Waals surface area (Å²) < 4.78 is 12.4. The Hall–Kier alpha value is -0.940. The van der Waals surface area contributed by atoms with Crippen molar-refractivity contribution in [1.82, 2.24) is 0 Å². The van der Waals surface area contributed by atoms with Crippen molar-refractivity contribution in [1.29, 1.82) is 0 Å². The molecule has 0 bridgehead atoms. The highest BCUT2D eigenvalue weighted by atomic mass is 16.7. The van der Waals surface area contributed by atoms with E-state index in [4.69, 9.17) is 9.47 Å². The van der Waals surface area contributed by atoms with Gasteiger partial charge in [-0.1, -0.05) is 27.7 Å². The molecular weight excluding hydrogens is 452 g/mol. The molecule has 5 nitrogen and oxygen atoms in total. The van der Waals surface area contributed by atoms with Gasteiger partial charge in [0.1, 0.15) is 5.78 Å². The molecule has 5 aliphatic rings. The lowest BCUT2D eigenvalue weighted by Crippen LogP contribution is -2.61. The molecule has 4 saturated carbocycles. The van der Waals surface area contributed by atoms with E-state index in [2.05, 4.69) is 27.7 Å². The number of Topliss-reactive ketones (excluding diaryl/α,β-unsaturated/α-hetero) is 1. The number of ketones is 1. The van der Waals surface area contributed by atoms with Crippen molar-refractivity contribution in [3.63, 3.8) is 0 Å². The largest absolute Gasteiger partial charge is 0.481 e. The number of ether oxygens (including phenoxy) is 2. The lowest BCUT2D eigenvalue weighted by atomic mass is 9.42. The van der Waals surface area contributed by atoms with Crippen LogP contribution in [0.5, 0.6) is 0 Å². The van der Waals surface area contributed by atoms with Crippen LogP contribution in [0.25, 0.3) is 0 Å². The summed E-state index contributed by atoms with van der Waals surface area (Å²) in [6, 6.07) is 0. The van der Waals surface area contributed by atoms with Crippen LogP contribution < -0.4 is 0 Å². The van der Waals surface area contributed by atoms with E-state index in [0.717, 1.165) is 64.4 Å². The Kier molecular flexibility index (Phi) is 7.64. The first kappa shape index (κ1) is 26.7. The molecule has 0 radical (unpaired) electrons. The molecule has 5 heteroatoms. The summed E-state index contributed by atoms with van der Waals surface area (Å²) in [5.41, 5.74) is 0.399. The van der Waals surface area contributed by atoms with E-state index in [0.29, 0.717) is 35.4 Å². The molecule has 1 N–H and O–H groups in total. The van der Waals surface area contributed by atoms with Gasteiger partial charge in [-0.3, -0.25) is 9.59 Å². The molecule has 204 valence electrons. The fourth-order valence-electron chi connectivity index (χ4n) is 10.3. The van der Waals surface area contributed by atoms with Gasteiger partial charge in [-0.25, -0.2) is 0 Å². The highest BCUT2D eigenvalue weighted by Crippen LogP contribution is 2.68. The van der Waals surface area contributed by atoms with E-state index < -0.39 is 5.97 Å². The van der Waals surface area contributed by atoms with Crippen LogP contribution in [0.3, 0.4) is 0 Å². The summed E-state index contributed by atoms with van der Waals surface area (Å²) >= 11 is 0. The van der Waals surface area contributed by atoms with Gasteiger partial charge in [0, 0.05) is 24.9 Å². The molecule has 0 aromatic heterocycles. The minimum Gasteiger partial charge on any atom is -0.481 e. The molecule has 11 atom stereocenters. The minimum absolute atomic E-state index is 0.0471. The minimum atomic E-state index is -0.688. The maximum atomic E-state index is 14.3. The molecule has 1 heterocycles. The van der Waals surface area contributed by atoms with E-state index in [1.807, 2.05) is 0 Å². The van der Waals surface area contributed by atoms with E-state index >= 15 is 0 Å². The van der Waals surface area contributed by atoms with Crippen molar-refractivity contribution in [2.24, 2.45) is 52.3 Å². The Morgan fingerprint density at radius 1 is 1.06 bits per heavy atom. The van der Waals surface area contributed by atoms with Gasteiger partial charge in [-0.2, -0.15) is 0 Å². The summed E-state index contributed by atoms with van der Waals surface area (Å²) in [6.45, 7) is 10.3. The van der Waals surface area contributed by atoms with Crippen molar-refractivity contribution in [2.45, 2.75) is 124 Å². The number of aliphatic carboxylic acids is 1. The van der Waals surface area contributed by atoms with Gasteiger partial charge < -0.3 is 14.6 Å². The second-order valence-electron chi connectivity index (χ2n) is 13.7. The van der Waals surface area contributed by atoms with Crippen LogP contribution in [0, 0.1) is 52.3 Å². The zero-order valence-electron chi connectivity index (χ0n) is 23.2. The highest BCUT2D eigenvalue weighted by molar-refractivity contribution is 5.86. The molecule has 4 aliphatic carbocycles. The molecule has 5 rings (SSSR count). The fraction of sp³-hybridized carbons (Fsp3) is 0.935. The van der Waals surface area contributed by atoms with Gasteiger partial charge in [0.15, 0.2) is 6.29 Å². The first-order chi connectivity index (χ1) is 17.2. The smallest absolute Gasteiger partial charge is 0.303 e. The molecule has 5 fully saturated rings. The monoisotopic (exact) mass is 502 g/mol. The van der Waals surface area contributed by atoms with Gasteiger partial charge in [-0.05, 0) is 117 Å². The second-order valence-corrected chi connectivity index (χ2v) is 13.7. The van der Waals surface area contributed by atoms with E-state index in [1.54, 1.807) is 0 Å². The molecule has 0 spiro atoms. The van der Waals surface area contributed by atoms with Crippen LogP contribution >= 0.6 is 0 Å². The first-order valence-corrected chi connectivity index (χ1v) is 15.2. The van der Waals surface area contributed by atoms with Crippen molar-refractivity contribution in [3.8, 4) is 0 Å². The fourth-order valence-corrected chi connectivity index (χ4v) is 10.3. The summed E-state index contributed by atoms with van der Waals surface area (Å²) in [6.07, 6.45) is 13.4. The number of hydrogen-bond acceptors (Lipinski definition) is 4. The predicted molar refractivity (Wildman–Crippen MR) is 139 cm³/mol. The number of carbonyl (C=O) groups excluding carboxylic acids is 1. The summed E-state index contributed by atoms with van der Waals surface area (Å²) in [4.78, 5) is 25.5. The van der Waals surface area contributed by atoms with Crippen molar-refractivity contribution in [2.75, 3.05) is 6.61 Å². The Morgan fingerprint density at radius 2 is 1.81 bits per heavy atom. The molecule has 0 aromatic carbocycles. The first-order valence-electron chi connectivity index (χ1n) is 15.2. The average molecular weight is 503 g/mol. The summed E-state index contributed by atoms with van der Waals surface area (Å²) in [5.74, 6) is 2.57. The molecule has 1 saturated heterocycles. The third-order valence-corrected chi connectivity index (χ3v) is 12.2. The predicted octanol–water partition coefficient (Wildman–Crippen LogP) is 6.87.